The average Bonchev–Trinajstić information content (AvgIpc) is 3.91. The highest BCUT2D eigenvalue weighted by Crippen LogP contribution is 2.25. The van der Waals surface area contributed by atoms with Gasteiger partial charge in [0.25, 0.3) is 0 Å². The van der Waals surface area contributed by atoms with Crippen LogP contribution in [0, 0.1) is 16.7 Å². The number of ether oxygens (including phenoxy) is 2. The number of hydrogen-bond donors (Lipinski definition) is 8. The van der Waals surface area contributed by atoms with Crippen LogP contribution in [0.15, 0.2) is 109 Å². The molecule has 67 heavy (non-hydrogen) atoms. The fourth-order valence-electron chi connectivity index (χ4n) is 8.01. The summed E-state index contributed by atoms with van der Waals surface area (Å²) < 4.78 is 11.0. The van der Waals surface area contributed by atoms with Gasteiger partial charge in [-0.1, -0.05) is 126 Å². The number of aromatic amines is 2. The predicted molar refractivity (Wildman–Crippen MR) is 256 cm³/mol. The van der Waals surface area contributed by atoms with Crippen LogP contribution >= 0.6 is 0 Å². The monoisotopic (exact) mass is 916 g/mol. The van der Waals surface area contributed by atoms with Crippen molar-refractivity contribution >= 4 is 46.1 Å². The van der Waals surface area contributed by atoms with E-state index in [9.17, 15) is 29.4 Å². The van der Waals surface area contributed by atoms with Crippen LogP contribution in [0.5, 0.6) is 0 Å². The number of para-hydroxylation sites is 4. The second-order valence-electron chi connectivity index (χ2n) is 19.0. The fourth-order valence-corrected chi connectivity index (χ4v) is 8.01. The van der Waals surface area contributed by atoms with Crippen LogP contribution in [-0.4, -0.2) is 104 Å². The lowest BCUT2D eigenvalue weighted by Gasteiger charge is -2.38. The number of alkyl carbamates (subject to hydrolysis) is 2. The molecule has 4 amide bonds. The number of nitrogens with one attached hydrogen (secondary N) is 6. The van der Waals surface area contributed by atoms with Gasteiger partial charge in [-0.15, -0.1) is 0 Å². The van der Waals surface area contributed by atoms with Gasteiger partial charge in [-0.25, -0.2) is 19.6 Å². The zero-order valence-electron chi connectivity index (χ0n) is 39.0. The average molecular weight is 917 g/mol. The number of nitrogens with zero attached hydrogens (tertiary/aromatic N) is 2. The molecule has 0 saturated carbocycles. The van der Waals surface area contributed by atoms with E-state index < -0.39 is 77.6 Å². The molecule has 16 heteroatoms. The molecular formula is C51H64N8O8. The molecule has 0 aliphatic carbocycles. The van der Waals surface area contributed by atoms with Gasteiger partial charge in [0, 0.05) is 24.8 Å². The van der Waals surface area contributed by atoms with Crippen molar-refractivity contribution in [1.29, 1.82) is 0 Å². The first kappa shape index (κ1) is 49.6. The summed E-state index contributed by atoms with van der Waals surface area (Å²) in [6.07, 6.45) is -2.07. The van der Waals surface area contributed by atoms with E-state index in [4.69, 9.17) is 9.47 Å². The molecule has 0 aliphatic rings. The van der Waals surface area contributed by atoms with Crippen LogP contribution in [0.3, 0.4) is 0 Å². The minimum atomic E-state index is -1.44. The Hall–Kier alpha value is -6.78. The van der Waals surface area contributed by atoms with Crippen molar-refractivity contribution in [2.45, 2.75) is 97.5 Å². The van der Waals surface area contributed by atoms with Gasteiger partial charge in [0.1, 0.15) is 36.9 Å². The molecule has 6 atom stereocenters. The zero-order valence-corrected chi connectivity index (χ0v) is 39.0. The van der Waals surface area contributed by atoms with Crippen molar-refractivity contribution < 1.29 is 38.9 Å². The fraction of sp³-hybridized carbons (Fsp3) is 0.412. The molecule has 0 unspecified atom stereocenters. The van der Waals surface area contributed by atoms with E-state index in [2.05, 4.69) is 41.2 Å². The van der Waals surface area contributed by atoms with E-state index in [1.165, 1.54) is 0 Å². The number of benzene rings is 4. The number of aliphatic hydroxyl groups is 2. The van der Waals surface area contributed by atoms with Gasteiger partial charge in [0.15, 0.2) is 0 Å². The number of amides is 4. The minimum Gasteiger partial charge on any atom is -0.449 e. The topological polar surface area (TPSA) is 233 Å². The molecule has 6 aromatic rings. The van der Waals surface area contributed by atoms with Crippen molar-refractivity contribution in [2.75, 3.05) is 19.8 Å². The normalized spacial score (nSPS) is 14.6. The highest BCUT2D eigenvalue weighted by molar-refractivity contribution is 5.87. The molecule has 8 N–H and O–H groups in total. The number of rotatable bonds is 20. The molecule has 2 aromatic heterocycles. The summed E-state index contributed by atoms with van der Waals surface area (Å²) in [5.41, 5.74) is 3.31. The van der Waals surface area contributed by atoms with E-state index in [1.807, 2.05) is 109 Å². The summed E-state index contributed by atoms with van der Waals surface area (Å²) in [6, 6.07) is 29.6. The molecule has 6 rings (SSSR count). The SMILES string of the molecule is CC(C)(C)[C@H](NC(=O)OCCc1nc2ccccc2[nH]1)C(=O)N[C@@H](Cc1ccccc1)[C@H](O)[C@@H](CO)[C@H](Cc1ccccc1)NC(=O)[C@@H](NC(=O)OCCc1nc2ccccc2[nH]1)C(C)(C)C. The van der Waals surface area contributed by atoms with E-state index >= 15 is 0 Å². The first-order valence-corrected chi connectivity index (χ1v) is 22.7. The highest BCUT2D eigenvalue weighted by atomic mass is 16.6. The molecule has 0 fully saturated rings. The van der Waals surface area contributed by atoms with Crippen LogP contribution in [0.1, 0.15) is 64.3 Å². The number of fused-ring (bicyclic) bond motifs is 2. The molecule has 16 nitrogen and oxygen atoms in total. The van der Waals surface area contributed by atoms with Gasteiger partial charge in [-0.05, 0) is 59.1 Å². The van der Waals surface area contributed by atoms with E-state index in [1.54, 1.807) is 41.5 Å². The number of aromatic nitrogens is 4. The lowest BCUT2D eigenvalue weighted by Crippen LogP contribution is -2.61. The number of H-pyrrole nitrogens is 2. The standard InChI is InChI=1S/C51H64N8O8/c1-50(2,3)44(58-48(64)66-27-25-41-52-35-21-13-14-22-36(35)53-41)46(62)56-39(29-32-17-9-7-10-18-32)34(31-60)43(61)40(30-33-19-11-8-12-20-33)57-47(63)45(51(4,5)6)59-49(65)67-28-26-42-54-37-23-15-16-24-38(37)55-42/h7-24,34,39-40,43-45,60-61H,25-31H2,1-6H3,(H,52,53)(H,54,55)(H,56,62)(H,57,63)(H,58,64)(H,59,65)/t34-,39-,40-,43+,44+,45+/m0/s1. The Kier molecular flexibility index (Phi) is 16.8. The van der Waals surface area contributed by atoms with Gasteiger partial charge in [-0.2, -0.15) is 0 Å². The Morgan fingerprint density at radius 3 is 1.36 bits per heavy atom. The lowest BCUT2D eigenvalue weighted by molar-refractivity contribution is -0.129. The van der Waals surface area contributed by atoms with E-state index in [0.717, 1.165) is 33.2 Å². The summed E-state index contributed by atoms with van der Waals surface area (Å²) in [7, 11) is 0. The number of carbonyl (C=O) groups is 4. The molecule has 2 heterocycles. The Balaban J connectivity index is 1.17. The van der Waals surface area contributed by atoms with Crippen molar-refractivity contribution in [3.63, 3.8) is 0 Å². The maximum Gasteiger partial charge on any atom is 0.407 e. The number of imidazole rings is 2. The highest BCUT2D eigenvalue weighted by Gasteiger charge is 2.41. The zero-order chi connectivity index (χ0) is 48.1. The quantitative estimate of drug-likeness (QED) is 0.0450. The summed E-state index contributed by atoms with van der Waals surface area (Å²) >= 11 is 0. The van der Waals surface area contributed by atoms with Gasteiger partial charge in [0.2, 0.25) is 11.8 Å². The molecular weight excluding hydrogens is 853 g/mol. The van der Waals surface area contributed by atoms with Gasteiger partial charge < -0.3 is 50.9 Å². The summed E-state index contributed by atoms with van der Waals surface area (Å²) in [5, 5.41) is 35.1. The van der Waals surface area contributed by atoms with Crippen LogP contribution in [0.2, 0.25) is 0 Å². The number of carbonyl (C=O) groups excluding carboxylic acids is 4. The van der Waals surface area contributed by atoms with Gasteiger partial charge in [0.05, 0.1) is 40.8 Å². The van der Waals surface area contributed by atoms with Gasteiger partial charge in [-0.3, -0.25) is 9.59 Å². The van der Waals surface area contributed by atoms with Crippen LogP contribution in [0.25, 0.3) is 22.1 Å². The van der Waals surface area contributed by atoms with E-state index in [-0.39, 0.29) is 26.1 Å². The van der Waals surface area contributed by atoms with Crippen molar-refractivity contribution in [1.82, 2.24) is 41.2 Å². The van der Waals surface area contributed by atoms with Crippen LogP contribution in [0.4, 0.5) is 9.59 Å². The predicted octanol–water partition coefficient (Wildman–Crippen LogP) is 5.93. The second-order valence-corrected chi connectivity index (χ2v) is 19.0. The Morgan fingerprint density at radius 2 is 0.955 bits per heavy atom. The third-order valence-corrected chi connectivity index (χ3v) is 11.6. The number of aliphatic hydroxyl groups excluding tert-OH is 2. The largest absolute Gasteiger partial charge is 0.449 e. The smallest absolute Gasteiger partial charge is 0.407 e. The van der Waals surface area contributed by atoms with Gasteiger partial charge >= 0.3 is 12.2 Å². The maximum atomic E-state index is 14.4. The third kappa shape index (κ3) is 14.1. The van der Waals surface area contributed by atoms with Crippen LogP contribution in [-0.2, 0) is 44.7 Å². The molecule has 0 radical (unpaired) electrons. The molecule has 356 valence electrons. The molecule has 0 bridgehead atoms. The molecule has 0 aliphatic heterocycles. The first-order chi connectivity index (χ1) is 32.0. The summed E-state index contributed by atoms with van der Waals surface area (Å²) in [4.78, 5) is 70.7. The van der Waals surface area contributed by atoms with E-state index in [0.29, 0.717) is 24.5 Å². The van der Waals surface area contributed by atoms with Crippen molar-refractivity contribution in [3.05, 3.63) is 132 Å². The minimum absolute atomic E-state index is 0.00246. The Labute approximate surface area is 391 Å². The van der Waals surface area contributed by atoms with Crippen LogP contribution < -0.4 is 21.3 Å². The molecule has 0 spiro atoms. The summed E-state index contributed by atoms with van der Waals surface area (Å²) in [6.45, 7) is 10.2. The lowest BCUT2D eigenvalue weighted by atomic mass is 9.82. The summed E-state index contributed by atoms with van der Waals surface area (Å²) in [5.74, 6) is -0.891. The third-order valence-electron chi connectivity index (χ3n) is 11.6. The first-order valence-electron chi connectivity index (χ1n) is 22.7. The Morgan fingerprint density at radius 1 is 0.567 bits per heavy atom. The second kappa shape index (κ2) is 22.6. The maximum absolute atomic E-state index is 14.4. The molecule has 4 aromatic carbocycles. The Bertz CT molecular complexity index is 2480. The van der Waals surface area contributed by atoms with Crippen molar-refractivity contribution in [2.24, 2.45) is 16.7 Å². The molecule has 0 saturated heterocycles. The van der Waals surface area contributed by atoms with Crippen molar-refractivity contribution in [3.8, 4) is 0 Å². The number of hydrogen-bond acceptors (Lipinski definition) is 10.